The molecular formula is C14H12F2N2O3. The molecule has 0 bridgehead atoms. The van der Waals surface area contributed by atoms with Crippen molar-refractivity contribution in [2.24, 2.45) is 0 Å². The van der Waals surface area contributed by atoms with Gasteiger partial charge in [0.15, 0.2) is 5.82 Å². The maximum atomic E-state index is 13.8. The van der Waals surface area contributed by atoms with E-state index in [1.807, 2.05) is 0 Å². The highest BCUT2D eigenvalue weighted by Crippen LogP contribution is 2.32. The molecule has 5 nitrogen and oxygen atoms in total. The van der Waals surface area contributed by atoms with Gasteiger partial charge < -0.3 is 10.4 Å². The van der Waals surface area contributed by atoms with E-state index in [1.54, 1.807) is 19.1 Å². The Kier molecular flexibility index (Phi) is 4.02. The largest absolute Gasteiger partial charge is 0.508 e. The molecule has 110 valence electrons. The van der Waals surface area contributed by atoms with E-state index in [2.05, 4.69) is 5.32 Å². The lowest BCUT2D eigenvalue weighted by atomic mass is 10.1. The highest BCUT2D eigenvalue weighted by atomic mass is 19.1. The Balaban J connectivity index is 2.34. The summed E-state index contributed by atoms with van der Waals surface area (Å²) < 4.78 is 26.8. The molecule has 21 heavy (non-hydrogen) atoms. The normalized spacial score (nSPS) is 12.0. The molecular weight excluding hydrogens is 282 g/mol. The molecule has 0 saturated carbocycles. The van der Waals surface area contributed by atoms with Crippen LogP contribution in [0.4, 0.5) is 20.2 Å². The van der Waals surface area contributed by atoms with Gasteiger partial charge in [-0.3, -0.25) is 10.1 Å². The fourth-order valence-corrected chi connectivity index (χ4v) is 1.91. The van der Waals surface area contributed by atoms with Gasteiger partial charge in [-0.1, -0.05) is 12.1 Å². The SMILES string of the molecule is CC(Nc1c(F)cc(F)cc1[N+](=O)[O-])c1ccc(O)cc1. The highest BCUT2D eigenvalue weighted by Gasteiger charge is 2.22. The molecule has 1 unspecified atom stereocenters. The Morgan fingerprint density at radius 3 is 2.43 bits per heavy atom. The maximum absolute atomic E-state index is 13.8. The molecule has 2 N–H and O–H groups in total. The summed E-state index contributed by atoms with van der Waals surface area (Å²) in [5.74, 6) is -1.97. The first-order chi connectivity index (χ1) is 9.88. The molecule has 1 atom stereocenters. The number of nitro benzene ring substituents is 1. The van der Waals surface area contributed by atoms with Gasteiger partial charge in [-0.05, 0) is 24.6 Å². The van der Waals surface area contributed by atoms with E-state index >= 15 is 0 Å². The van der Waals surface area contributed by atoms with Gasteiger partial charge >= 0.3 is 0 Å². The number of nitro groups is 1. The molecule has 0 aliphatic heterocycles. The van der Waals surface area contributed by atoms with E-state index < -0.39 is 28.3 Å². The number of anilines is 1. The minimum absolute atomic E-state index is 0.0740. The summed E-state index contributed by atoms with van der Waals surface area (Å²) >= 11 is 0. The fourth-order valence-electron chi connectivity index (χ4n) is 1.91. The predicted octanol–water partition coefficient (Wildman–Crippen LogP) is 3.75. The molecule has 0 saturated heterocycles. The molecule has 2 aromatic carbocycles. The van der Waals surface area contributed by atoms with Crippen LogP contribution in [0.2, 0.25) is 0 Å². The zero-order valence-electron chi connectivity index (χ0n) is 11.0. The van der Waals surface area contributed by atoms with Crippen molar-refractivity contribution >= 4 is 11.4 Å². The number of rotatable bonds is 4. The van der Waals surface area contributed by atoms with Gasteiger partial charge in [0, 0.05) is 12.1 Å². The van der Waals surface area contributed by atoms with E-state index in [-0.39, 0.29) is 11.4 Å². The topological polar surface area (TPSA) is 75.4 Å². The van der Waals surface area contributed by atoms with Crippen LogP contribution in [0.25, 0.3) is 0 Å². The summed E-state index contributed by atoms with van der Waals surface area (Å²) in [5.41, 5.74) is -0.356. The third-order valence-corrected chi connectivity index (χ3v) is 2.98. The smallest absolute Gasteiger partial charge is 0.298 e. The summed E-state index contributed by atoms with van der Waals surface area (Å²) in [6, 6.07) is 6.87. The van der Waals surface area contributed by atoms with Crippen LogP contribution in [0.1, 0.15) is 18.5 Å². The van der Waals surface area contributed by atoms with Gasteiger partial charge in [-0.25, -0.2) is 8.78 Å². The number of hydrogen-bond acceptors (Lipinski definition) is 4. The minimum atomic E-state index is -1.03. The summed E-state index contributed by atoms with van der Waals surface area (Å²) in [6.07, 6.45) is 0. The van der Waals surface area contributed by atoms with E-state index in [9.17, 15) is 24.0 Å². The number of aromatic hydroxyl groups is 1. The number of phenolic OH excluding ortho intramolecular Hbond substituents is 1. The Morgan fingerprint density at radius 2 is 1.86 bits per heavy atom. The first-order valence-corrected chi connectivity index (χ1v) is 6.07. The average Bonchev–Trinajstić information content (AvgIpc) is 2.41. The Hall–Kier alpha value is -2.70. The van der Waals surface area contributed by atoms with Gasteiger partial charge in [0.1, 0.15) is 17.3 Å². The molecule has 0 aliphatic rings. The second-order valence-electron chi connectivity index (χ2n) is 4.50. The molecule has 2 rings (SSSR count). The Bertz CT molecular complexity index is 675. The second kappa shape index (κ2) is 5.74. The highest BCUT2D eigenvalue weighted by molar-refractivity contribution is 5.63. The zero-order chi connectivity index (χ0) is 15.6. The van der Waals surface area contributed by atoms with Crippen LogP contribution >= 0.6 is 0 Å². The van der Waals surface area contributed by atoms with Gasteiger partial charge in [0.05, 0.1) is 11.0 Å². The van der Waals surface area contributed by atoms with Crippen LogP contribution in [0.3, 0.4) is 0 Å². The summed E-state index contributed by atoms with van der Waals surface area (Å²) in [5, 5.41) is 22.8. The second-order valence-corrected chi connectivity index (χ2v) is 4.50. The number of benzene rings is 2. The summed E-state index contributed by atoms with van der Waals surface area (Å²) in [7, 11) is 0. The Morgan fingerprint density at radius 1 is 1.24 bits per heavy atom. The van der Waals surface area contributed by atoms with Crippen molar-refractivity contribution < 1.29 is 18.8 Å². The van der Waals surface area contributed by atoms with E-state index in [1.165, 1.54) is 12.1 Å². The number of phenols is 1. The van der Waals surface area contributed by atoms with Crippen LogP contribution in [-0.4, -0.2) is 10.0 Å². The van der Waals surface area contributed by atoms with Crippen LogP contribution in [0.15, 0.2) is 36.4 Å². The third kappa shape index (κ3) is 3.25. The van der Waals surface area contributed by atoms with E-state index in [0.717, 1.165) is 0 Å². The third-order valence-electron chi connectivity index (χ3n) is 2.98. The fraction of sp³-hybridized carbons (Fsp3) is 0.143. The first kappa shape index (κ1) is 14.7. The van der Waals surface area contributed by atoms with Crippen LogP contribution < -0.4 is 5.32 Å². The quantitative estimate of drug-likeness (QED) is 0.665. The van der Waals surface area contributed by atoms with Crippen LogP contribution in [0.5, 0.6) is 5.75 Å². The van der Waals surface area contributed by atoms with Crippen molar-refractivity contribution in [3.63, 3.8) is 0 Å². The lowest BCUT2D eigenvalue weighted by Gasteiger charge is -2.16. The summed E-state index contributed by atoms with van der Waals surface area (Å²) in [4.78, 5) is 10.0. The van der Waals surface area contributed by atoms with Crippen molar-refractivity contribution in [1.29, 1.82) is 0 Å². The maximum Gasteiger partial charge on any atom is 0.298 e. The molecule has 2 aromatic rings. The van der Waals surface area contributed by atoms with Gasteiger partial charge in [-0.15, -0.1) is 0 Å². The number of nitrogens with zero attached hydrogens (tertiary/aromatic N) is 1. The monoisotopic (exact) mass is 294 g/mol. The van der Waals surface area contributed by atoms with Crippen molar-refractivity contribution in [3.05, 3.63) is 63.7 Å². The van der Waals surface area contributed by atoms with E-state index in [0.29, 0.717) is 17.7 Å². The average molecular weight is 294 g/mol. The predicted molar refractivity (Wildman–Crippen MR) is 73.2 cm³/mol. The first-order valence-electron chi connectivity index (χ1n) is 6.07. The molecule has 0 radical (unpaired) electrons. The molecule has 0 spiro atoms. The van der Waals surface area contributed by atoms with Crippen molar-refractivity contribution in [2.45, 2.75) is 13.0 Å². The number of hydrogen-bond donors (Lipinski definition) is 2. The number of nitrogens with one attached hydrogen (secondary N) is 1. The molecule has 7 heteroatoms. The lowest BCUT2D eigenvalue weighted by molar-refractivity contribution is -0.384. The van der Waals surface area contributed by atoms with Crippen LogP contribution in [-0.2, 0) is 0 Å². The van der Waals surface area contributed by atoms with Gasteiger partial charge in [0.2, 0.25) is 0 Å². The van der Waals surface area contributed by atoms with Gasteiger partial charge in [0.25, 0.3) is 5.69 Å². The standard InChI is InChI=1S/C14H12F2N2O3/c1-8(9-2-4-11(19)5-3-9)17-14-12(16)6-10(15)7-13(14)18(20)21/h2-8,17,19H,1H3. The molecule has 0 aliphatic carbocycles. The number of halogens is 2. The minimum Gasteiger partial charge on any atom is -0.508 e. The molecule has 0 heterocycles. The van der Waals surface area contributed by atoms with Crippen LogP contribution in [0, 0.1) is 21.7 Å². The van der Waals surface area contributed by atoms with Crippen molar-refractivity contribution in [3.8, 4) is 5.75 Å². The van der Waals surface area contributed by atoms with Crippen molar-refractivity contribution in [1.82, 2.24) is 0 Å². The zero-order valence-corrected chi connectivity index (χ0v) is 11.0. The van der Waals surface area contributed by atoms with Gasteiger partial charge in [-0.2, -0.15) is 0 Å². The lowest BCUT2D eigenvalue weighted by Crippen LogP contribution is -2.10. The molecule has 0 amide bonds. The summed E-state index contributed by atoms with van der Waals surface area (Å²) in [6.45, 7) is 1.67. The Labute approximate surface area is 119 Å². The molecule has 0 fully saturated rings. The molecule has 0 aromatic heterocycles. The van der Waals surface area contributed by atoms with Crippen molar-refractivity contribution in [2.75, 3.05) is 5.32 Å². The van der Waals surface area contributed by atoms with E-state index in [4.69, 9.17) is 0 Å².